The minimum Gasteiger partial charge on any atom is -0.312 e. The molecule has 0 aliphatic carbocycles. The summed E-state index contributed by atoms with van der Waals surface area (Å²) in [5.41, 5.74) is 0. The number of nitrogens with one attached hydrogen (secondary N) is 1. The Labute approximate surface area is 101 Å². The van der Waals surface area contributed by atoms with E-state index >= 15 is 0 Å². The molecule has 94 valence electrons. The highest BCUT2D eigenvalue weighted by atomic mass is 32.2. The Hall–Kier alpha value is 0.0700. The van der Waals surface area contributed by atoms with Gasteiger partial charge in [0.1, 0.15) is 0 Å². The van der Waals surface area contributed by atoms with Crippen molar-refractivity contribution in [3.8, 4) is 0 Å². The molecule has 0 bridgehead atoms. The molecule has 4 heteroatoms. The predicted molar refractivity (Wildman–Crippen MR) is 69.2 cm³/mol. The zero-order valence-corrected chi connectivity index (χ0v) is 11.1. The molecule has 2 fully saturated rings. The molecule has 2 aliphatic heterocycles. The maximum Gasteiger partial charge on any atom is 0.0249 e. The largest absolute Gasteiger partial charge is 0.312 e. The maximum atomic E-state index is 11.2. The number of hydrogen-bond acceptors (Lipinski definition) is 3. The van der Waals surface area contributed by atoms with E-state index in [0.29, 0.717) is 6.04 Å². The highest BCUT2D eigenvalue weighted by molar-refractivity contribution is 7.85. The number of nitrogens with zero attached hydrogens (tertiary/aromatic N) is 1. The van der Waals surface area contributed by atoms with E-state index in [4.69, 9.17) is 0 Å². The summed E-state index contributed by atoms with van der Waals surface area (Å²) in [6.45, 7) is 5.84. The van der Waals surface area contributed by atoms with Crippen molar-refractivity contribution >= 4 is 10.8 Å². The van der Waals surface area contributed by atoms with E-state index in [0.717, 1.165) is 36.9 Å². The minimum atomic E-state index is -0.525. The quantitative estimate of drug-likeness (QED) is 0.800. The maximum absolute atomic E-state index is 11.2. The molecule has 16 heavy (non-hydrogen) atoms. The van der Waals surface area contributed by atoms with Gasteiger partial charge in [-0.1, -0.05) is 6.92 Å². The molecule has 0 aromatic heterocycles. The Morgan fingerprint density at radius 2 is 2.06 bits per heavy atom. The van der Waals surface area contributed by atoms with Gasteiger partial charge in [-0.15, -0.1) is 0 Å². The van der Waals surface area contributed by atoms with Gasteiger partial charge in [0.25, 0.3) is 0 Å². The Morgan fingerprint density at radius 3 is 2.75 bits per heavy atom. The lowest BCUT2D eigenvalue weighted by atomic mass is 10.1. The Balaban J connectivity index is 1.68. The van der Waals surface area contributed by atoms with Crippen LogP contribution in [0.2, 0.25) is 0 Å². The van der Waals surface area contributed by atoms with Gasteiger partial charge in [0.2, 0.25) is 0 Å². The van der Waals surface area contributed by atoms with Crippen molar-refractivity contribution in [1.82, 2.24) is 10.2 Å². The van der Waals surface area contributed by atoms with Gasteiger partial charge in [-0.25, -0.2) is 0 Å². The highest BCUT2D eigenvalue weighted by Crippen LogP contribution is 2.16. The smallest absolute Gasteiger partial charge is 0.0249 e. The van der Waals surface area contributed by atoms with E-state index in [1.54, 1.807) is 0 Å². The molecule has 2 rings (SSSR count). The van der Waals surface area contributed by atoms with Gasteiger partial charge in [-0.05, 0) is 38.8 Å². The van der Waals surface area contributed by atoms with Crippen molar-refractivity contribution in [2.75, 3.05) is 31.1 Å². The van der Waals surface area contributed by atoms with Crippen molar-refractivity contribution in [2.24, 2.45) is 0 Å². The second-order valence-corrected chi connectivity index (χ2v) is 6.65. The Kier molecular flexibility index (Phi) is 4.79. The third-order valence-electron chi connectivity index (χ3n) is 3.94. The average Bonchev–Trinajstić information content (AvgIpc) is 2.76. The van der Waals surface area contributed by atoms with Crippen LogP contribution in [0.5, 0.6) is 0 Å². The lowest BCUT2D eigenvalue weighted by Crippen LogP contribution is -2.43. The summed E-state index contributed by atoms with van der Waals surface area (Å²) >= 11 is 0. The molecule has 2 saturated heterocycles. The van der Waals surface area contributed by atoms with Gasteiger partial charge in [0.05, 0.1) is 0 Å². The average molecular weight is 244 g/mol. The number of likely N-dealkylation sites (N-methyl/N-ethyl adjacent to an activating group) is 1. The van der Waals surface area contributed by atoms with Gasteiger partial charge in [-0.2, -0.15) is 0 Å². The molecule has 2 aliphatic rings. The second kappa shape index (κ2) is 6.12. The first-order chi connectivity index (χ1) is 7.79. The van der Waals surface area contributed by atoms with Crippen LogP contribution in [0.4, 0.5) is 0 Å². The molecule has 0 radical (unpaired) electrons. The summed E-state index contributed by atoms with van der Waals surface area (Å²) in [5.74, 6) is 1.81. The zero-order valence-electron chi connectivity index (χ0n) is 10.3. The van der Waals surface area contributed by atoms with Crippen LogP contribution >= 0.6 is 0 Å². The van der Waals surface area contributed by atoms with Crippen molar-refractivity contribution < 1.29 is 4.21 Å². The zero-order chi connectivity index (χ0) is 11.4. The summed E-state index contributed by atoms with van der Waals surface area (Å²) < 4.78 is 11.2. The molecule has 0 aromatic rings. The molecule has 0 aromatic carbocycles. The molecule has 1 N–H and O–H groups in total. The van der Waals surface area contributed by atoms with E-state index in [1.807, 2.05) is 0 Å². The van der Waals surface area contributed by atoms with Crippen LogP contribution in [0.25, 0.3) is 0 Å². The van der Waals surface area contributed by atoms with Gasteiger partial charge in [0.15, 0.2) is 0 Å². The summed E-state index contributed by atoms with van der Waals surface area (Å²) in [7, 11) is -0.525. The monoisotopic (exact) mass is 244 g/mol. The Bertz CT molecular complexity index is 237. The van der Waals surface area contributed by atoms with Crippen LogP contribution in [-0.4, -0.2) is 52.3 Å². The van der Waals surface area contributed by atoms with Crippen molar-refractivity contribution in [1.29, 1.82) is 0 Å². The van der Waals surface area contributed by atoms with E-state index in [2.05, 4.69) is 17.1 Å². The first-order valence-corrected chi connectivity index (χ1v) is 8.11. The van der Waals surface area contributed by atoms with Crippen LogP contribution < -0.4 is 5.32 Å². The molecular weight excluding hydrogens is 220 g/mol. The number of rotatable bonds is 4. The fourth-order valence-electron chi connectivity index (χ4n) is 2.84. The number of hydrogen-bond donors (Lipinski definition) is 1. The van der Waals surface area contributed by atoms with Gasteiger partial charge in [-0.3, -0.25) is 9.11 Å². The third-order valence-corrected chi connectivity index (χ3v) is 5.32. The normalized spacial score (nSPS) is 36.7. The Morgan fingerprint density at radius 1 is 1.31 bits per heavy atom. The lowest BCUT2D eigenvalue weighted by molar-refractivity contribution is 0.252. The molecule has 0 spiro atoms. The van der Waals surface area contributed by atoms with Crippen LogP contribution in [-0.2, 0) is 10.8 Å². The molecule has 2 heterocycles. The third kappa shape index (κ3) is 3.28. The SMILES string of the molecule is CCN1CCCC1CNC1CCS(=O)CC1. The summed E-state index contributed by atoms with van der Waals surface area (Å²) in [6.07, 6.45) is 4.91. The second-order valence-electron chi connectivity index (χ2n) is 4.96. The fourth-order valence-corrected chi connectivity index (χ4v) is 4.14. The van der Waals surface area contributed by atoms with E-state index in [9.17, 15) is 4.21 Å². The first kappa shape index (κ1) is 12.5. The number of likely N-dealkylation sites (tertiary alicyclic amines) is 1. The standard InChI is InChI=1S/C12H24N2OS/c1-2-14-7-3-4-12(14)10-13-11-5-8-16(15)9-6-11/h11-13H,2-10H2,1H3. The summed E-state index contributed by atoms with van der Waals surface area (Å²) in [5, 5.41) is 3.67. The van der Waals surface area contributed by atoms with Crippen molar-refractivity contribution in [2.45, 2.75) is 44.7 Å². The summed E-state index contributed by atoms with van der Waals surface area (Å²) in [4.78, 5) is 2.58. The van der Waals surface area contributed by atoms with Crippen LogP contribution in [0.15, 0.2) is 0 Å². The molecule has 0 saturated carbocycles. The van der Waals surface area contributed by atoms with Crippen LogP contribution in [0.1, 0.15) is 32.6 Å². The molecular formula is C12H24N2OS. The van der Waals surface area contributed by atoms with E-state index in [-0.39, 0.29) is 0 Å². The topological polar surface area (TPSA) is 32.3 Å². The molecule has 1 atom stereocenters. The van der Waals surface area contributed by atoms with Crippen molar-refractivity contribution in [3.05, 3.63) is 0 Å². The van der Waals surface area contributed by atoms with Gasteiger partial charge < -0.3 is 5.32 Å². The molecule has 0 amide bonds. The van der Waals surface area contributed by atoms with Gasteiger partial charge in [0, 0.05) is 40.9 Å². The highest BCUT2D eigenvalue weighted by Gasteiger charge is 2.24. The fraction of sp³-hybridized carbons (Fsp3) is 1.00. The van der Waals surface area contributed by atoms with E-state index < -0.39 is 10.8 Å². The van der Waals surface area contributed by atoms with Crippen LogP contribution in [0, 0.1) is 0 Å². The van der Waals surface area contributed by atoms with Crippen LogP contribution in [0.3, 0.4) is 0 Å². The molecule has 3 nitrogen and oxygen atoms in total. The minimum absolute atomic E-state index is 0.525. The van der Waals surface area contributed by atoms with Gasteiger partial charge >= 0.3 is 0 Å². The van der Waals surface area contributed by atoms with Crippen molar-refractivity contribution in [3.63, 3.8) is 0 Å². The predicted octanol–water partition coefficient (Wildman–Crippen LogP) is 0.971. The lowest BCUT2D eigenvalue weighted by Gasteiger charge is -2.28. The first-order valence-electron chi connectivity index (χ1n) is 6.62. The van der Waals surface area contributed by atoms with E-state index in [1.165, 1.54) is 25.9 Å². The molecule has 1 unspecified atom stereocenters. The summed E-state index contributed by atoms with van der Waals surface area (Å²) in [6, 6.07) is 1.37.